The average Bonchev–Trinajstić information content (AvgIpc) is 3.32. The minimum absolute atomic E-state index is 0.0137. The molecule has 0 atom stereocenters. The zero-order valence-corrected chi connectivity index (χ0v) is 21.7. The Morgan fingerprint density at radius 3 is 2.43 bits per heavy atom. The Labute approximate surface area is 220 Å². The van der Waals surface area contributed by atoms with E-state index in [-0.39, 0.29) is 33.0 Å². The molecule has 1 heterocycles. The van der Waals surface area contributed by atoms with Crippen molar-refractivity contribution in [3.63, 3.8) is 0 Å². The van der Waals surface area contributed by atoms with E-state index in [1.807, 2.05) is 6.92 Å². The quantitative estimate of drug-likeness (QED) is 0.304. The lowest BCUT2D eigenvalue weighted by atomic mass is 9.95. The number of rotatable bonds is 7. The zero-order chi connectivity index (χ0) is 26.6. The molecule has 11 heteroatoms. The molecule has 0 unspecified atom stereocenters. The lowest BCUT2D eigenvalue weighted by molar-refractivity contribution is 0.0919. The number of hydrogen-bond acceptors (Lipinski definition) is 6. The van der Waals surface area contributed by atoms with E-state index in [0.29, 0.717) is 5.56 Å². The van der Waals surface area contributed by atoms with Crippen molar-refractivity contribution in [1.82, 2.24) is 14.7 Å². The minimum Gasteiger partial charge on any atom is -0.506 e. The SMILES string of the molecule is Cc1ccc(S(=O)(=O)n2cc(C=NNC(=O)c3ccc(O)c(Cl)c3)cc2C(=O)NC2CCCCC2)cc1. The summed E-state index contributed by atoms with van der Waals surface area (Å²) >= 11 is 5.84. The Balaban J connectivity index is 1.61. The van der Waals surface area contributed by atoms with Gasteiger partial charge in [0.25, 0.3) is 21.8 Å². The molecule has 2 aromatic carbocycles. The third-order valence-corrected chi connectivity index (χ3v) is 8.14. The largest absolute Gasteiger partial charge is 0.506 e. The molecule has 1 aliphatic rings. The van der Waals surface area contributed by atoms with Gasteiger partial charge in [0.05, 0.1) is 16.1 Å². The predicted octanol–water partition coefficient (Wildman–Crippen LogP) is 4.22. The number of aromatic hydroxyl groups is 1. The fraction of sp³-hybridized carbons (Fsp3) is 0.269. The van der Waals surface area contributed by atoms with Gasteiger partial charge in [-0.1, -0.05) is 48.6 Å². The van der Waals surface area contributed by atoms with Crippen molar-refractivity contribution >= 4 is 39.7 Å². The van der Waals surface area contributed by atoms with Crippen LogP contribution in [0.25, 0.3) is 0 Å². The molecule has 1 aromatic heterocycles. The van der Waals surface area contributed by atoms with Crippen LogP contribution in [-0.2, 0) is 10.0 Å². The summed E-state index contributed by atoms with van der Waals surface area (Å²) in [6.07, 6.45) is 7.37. The summed E-state index contributed by atoms with van der Waals surface area (Å²) in [4.78, 5) is 25.5. The van der Waals surface area contributed by atoms with Crippen molar-refractivity contribution in [3.05, 3.63) is 82.1 Å². The minimum atomic E-state index is -4.08. The number of aromatic nitrogens is 1. The van der Waals surface area contributed by atoms with Gasteiger partial charge < -0.3 is 10.4 Å². The topological polar surface area (TPSA) is 130 Å². The highest BCUT2D eigenvalue weighted by atomic mass is 35.5. The molecule has 37 heavy (non-hydrogen) atoms. The van der Waals surface area contributed by atoms with Crippen LogP contribution in [0.3, 0.4) is 0 Å². The number of benzene rings is 2. The number of carbonyl (C=O) groups excluding carboxylic acids is 2. The Morgan fingerprint density at radius 1 is 1.05 bits per heavy atom. The molecule has 1 saturated carbocycles. The van der Waals surface area contributed by atoms with E-state index in [1.54, 1.807) is 12.1 Å². The second kappa shape index (κ2) is 11.2. The first-order valence-electron chi connectivity index (χ1n) is 11.8. The third-order valence-electron chi connectivity index (χ3n) is 6.15. The molecule has 0 aliphatic heterocycles. The first-order chi connectivity index (χ1) is 17.6. The number of phenolic OH excluding ortho intramolecular Hbond substituents is 1. The van der Waals surface area contributed by atoms with Crippen LogP contribution in [0.15, 0.2) is 64.7 Å². The van der Waals surface area contributed by atoms with E-state index >= 15 is 0 Å². The van der Waals surface area contributed by atoms with Gasteiger partial charge in [-0.2, -0.15) is 5.10 Å². The van der Waals surface area contributed by atoms with Crippen LogP contribution in [-0.4, -0.2) is 41.6 Å². The number of amides is 2. The molecule has 3 N–H and O–H groups in total. The summed E-state index contributed by atoms with van der Waals surface area (Å²) in [5.74, 6) is -1.23. The molecule has 1 aliphatic carbocycles. The molecule has 9 nitrogen and oxygen atoms in total. The molecular weight excluding hydrogens is 516 g/mol. The number of aryl methyl sites for hydroxylation is 1. The van der Waals surface area contributed by atoms with E-state index in [9.17, 15) is 23.1 Å². The lowest BCUT2D eigenvalue weighted by Gasteiger charge is -2.23. The Kier molecular flexibility index (Phi) is 7.99. The van der Waals surface area contributed by atoms with Crippen molar-refractivity contribution in [2.75, 3.05) is 0 Å². The molecule has 194 valence electrons. The predicted molar refractivity (Wildman–Crippen MR) is 141 cm³/mol. The Hall–Kier alpha value is -3.63. The number of nitrogens with zero attached hydrogens (tertiary/aromatic N) is 2. The van der Waals surface area contributed by atoms with Crippen LogP contribution in [0.2, 0.25) is 5.02 Å². The van der Waals surface area contributed by atoms with Gasteiger partial charge in [0.2, 0.25) is 0 Å². The number of phenols is 1. The monoisotopic (exact) mass is 542 g/mol. The van der Waals surface area contributed by atoms with Gasteiger partial charge in [-0.3, -0.25) is 9.59 Å². The van der Waals surface area contributed by atoms with Gasteiger partial charge in [-0.15, -0.1) is 0 Å². The van der Waals surface area contributed by atoms with Gasteiger partial charge in [0.1, 0.15) is 11.4 Å². The normalized spacial score (nSPS) is 14.5. The van der Waals surface area contributed by atoms with Gasteiger partial charge in [0, 0.05) is 23.4 Å². The molecular formula is C26H27ClN4O5S. The summed E-state index contributed by atoms with van der Waals surface area (Å²) in [5.41, 5.74) is 3.65. The van der Waals surface area contributed by atoms with Gasteiger partial charge >= 0.3 is 0 Å². The molecule has 0 radical (unpaired) electrons. The van der Waals surface area contributed by atoms with Crippen molar-refractivity contribution in [1.29, 1.82) is 0 Å². The molecule has 0 spiro atoms. The zero-order valence-electron chi connectivity index (χ0n) is 20.1. The molecule has 1 fully saturated rings. The summed E-state index contributed by atoms with van der Waals surface area (Å²) in [7, 11) is -4.08. The average molecular weight is 543 g/mol. The highest BCUT2D eigenvalue weighted by Gasteiger charge is 2.26. The van der Waals surface area contributed by atoms with Crippen LogP contribution >= 0.6 is 11.6 Å². The van der Waals surface area contributed by atoms with Crippen LogP contribution in [0.4, 0.5) is 0 Å². The van der Waals surface area contributed by atoms with Gasteiger partial charge in [0.15, 0.2) is 0 Å². The standard InChI is InChI=1S/C26H27ClN4O5S/c1-17-7-10-21(11-8-17)37(35,36)31-16-18(13-23(31)26(34)29-20-5-3-2-4-6-20)15-28-30-25(33)19-9-12-24(32)22(27)14-19/h7-16,20,32H,2-6H2,1H3,(H,29,34)(H,30,33). The molecule has 0 saturated heterocycles. The maximum Gasteiger partial charge on any atom is 0.271 e. The lowest BCUT2D eigenvalue weighted by Crippen LogP contribution is -2.37. The van der Waals surface area contributed by atoms with E-state index in [1.165, 1.54) is 48.8 Å². The highest BCUT2D eigenvalue weighted by Crippen LogP contribution is 2.24. The Bertz CT molecular complexity index is 1440. The number of hydrogen-bond donors (Lipinski definition) is 3. The van der Waals surface area contributed by atoms with E-state index in [4.69, 9.17) is 11.6 Å². The van der Waals surface area contributed by atoms with Crippen LogP contribution in [0.1, 0.15) is 64.1 Å². The second-order valence-corrected chi connectivity index (χ2v) is 11.2. The second-order valence-electron chi connectivity index (χ2n) is 8.95. The first-order valence-corrected chi connectivity index (χ1v) is 13.6. The molecule has 3 aromatic rings. The van der Waals surface area contributed by atoms with E-state index in [2.05, 4.69) is 15.8 Å². The van der Waals surface area contributed by atoms with Crippen molar-refractivity contribution < 1.29 is 23.1 Å². The molecule has 2 amide bonds. The maximum absolute atomic E-state index is 13.4. The fourth-order valence-corrected chi connectivity index (χ4v) is 5.65. The van der Waals surface area contributed by atoms with Crippen molar-refractivity contribution in [3.8, 4) is 5.75 Å². The van der Waals surface area contributed by atoms with Crippen LogP contribution < -0.4 is 10.7 Å². The number of carbonyl (C=O) groups is 2. The molecule has 4 rings (SSSR count). The number of nitrogens with one attached hydrogen (secondary N) is 2. The summed E-state index contributed by atoms with van der Waals surface area (Å²) in [5, 5.41) is 16.4. The van der Waals surface area contributed by atoms with Gasteiger partial charge in [-0.25, -0.2) is 17.8 Å². The summed E-state index contributed by atoms with van der Waals surface area (Å²) < 4.78 is 27.8. The fourth-order valence-electron chi connectivity index (χ4n) is 4.11. The Morgan fingerprint density at radius 2 is 1.76 bits per heavy atom. The van der Waals surface area contributed by atoms with E-state index in [0.717, 1.165) is 41.6 Å². The van der Waals surface area contributed by atoms with Gasteiger partial charge in [-0.05, 0) is 56.2 Å². The smallest absolute Gasteiger partial charge is 0.271 e. The molecule has 0 bridgehead atoms. The third kappa shape index (κ3) is 6.20. The summed E-state index contributed by atoms with van der Waals surface area (Å²) in [6.45, 7) is 1.85. The number of hydrazone groups is 1. The van der Waals surface area contributed by atoms with Crippen molar-refractivity contribution in [2.45, 2.75) is 50.0 Å². The number of halogens is 1. The highest BCUT2D eigenvalue weighted by molar-refractivity contribution is 7.90. The first kappa shape index (κ1) is 26.4. The van der Waals surface area contributed by atoms with Crippen LogP contribution in [0.5, 0.6) is 5.75 Å². The summed E-state index contributed by atoms with van der Waals surface area (Å²) in [6, 6.07) is 11.7. The van der Waals surface area contributed by atoms with Crippen LogP contribution in [0, 0.1) is 6.92 Å². The van der Waals surface area contributed by atoms with E-state index < -0.39 is 21.8 Å². The van der Waals surface area contributed by atoms with Crippen molar-refractivity contribution in [2.24, 2.45) is 5.10 Å². The maximum atomic E-state index is 13.4.